The summed E-state index contributed by atoms with van der Waals surface area (Å²) in [4.78, 5) is 49.2. The predicted molar refractivity (Wildman–Crippen MR) is 102 cm³/mol. The lowest BCUT2D eigenvalue weighted by atomic mass is 9.88. The van der Waals surface area contributed by atoms with E-state index in [-0.39, 0.29) is 29.3 Å². The highest BCUT2D eigenvalue weighted by atomic mass is 16.5. The third-order valence-corrected chi connectivity index (χ3v) is 5.48. The second-order valence-corrected chi connectivity index (χ2v) is 7.66. The summed E-state index contributed by atoms with van der Waals surface area (Å²) < 4.78 is 5.70. The zero-order chi connectivity index (χ0) is 20.4. The van der Waals surface area contributed by atoms with Gasteiger partial charge in [-0.05, 0) is 44.7 Å². The fourth-order valence-corrected chi connectivity index (χ4v) is 4.20. The molecule has 7 nitrogen and oxygen atoms in total. The van der Waals surface area contributed by atoms with Gasteiger partial charge in [-0.25, -0.2) is 0 Å². The molecule has 1 aromatic carbocycles. The number of ketones is 2. The molecule has 28 heavy (non-hydrogen) atoms. The molecule has 1 atom stereocenters. The molecule has 2 heterocycles. The van der Waals surface area contributed by atoms with E-state index in [0.29, 0.717) is 56.6 Å². The van der Waals surface area contributed by atoms with Crippen molar-refractivity contribution in [3.8, 4) is 5.75 Å². The molecule has 1 aromatic rings. The second kappa shape index (κ2) is 8.22. The number of carbonyl (C=O) groups excluding carboxylic acids is 4. The SMILES string of the molecule is COc1c2c(cc(C(C)=O)c1CCC1CCC(=O)NC1=O)CN(CC(C)=O)C2. The first kappa shape index (κ1) is 20.2. The third-order valence-electron chi connectivity index (χ3n) is 5.48. The summed E-state index contributed by atoms with van der Waals surface area (Å²) in [5.74, 6) is 0.00602. The van der Waals surface area contributed by atoms with Gasteiger partial charge in [0.15, 0.2) is 5.78 Å². The summed E-state index contributed by atoms with van der Waals surface area (Å²) >= 11 is 0. The van der Waals surface area contributed by atoms with Crippen molar-refractivity contribution >= 4 is 23.4 Å². The third kappa shape index (κ3) is 4.14. The van der Waals surface area contributed by atoms with Crippen LogP contribution in [0.1, 0.15) is 60.2 Å². The number of ether oxygens (including phenoxy) is 1. The maximum atomic E-state index is 12.3. The number of rotatable bonds is 7. The molecule has 0 aromatic heterocycles. The number of imide groups is 1. The van der Waals surface area contributed by atoms with Crippen molar-refractivity contribution in [3.63, 3.8) is 0 Å². The Morgan fingerprint density at radius 1 is 1.25 bits per heavy atom. The van der Waals surface area contributed by atoms with Crippen molar-refractivity contribution in [2.24, 2.45) is 5.92 Å². The number of nitrogens with zero attached hydrogens (tertiary/aromatic N) is 1. The lowest BCUT2D eigenvalue weighted by Crippen LogP contribution is -2.40. The van der Waals surface area contributed by atoms with Crippen LogP contribution >= 0.6 is 0 Å². The highest BCUT2D eigenvalue weighted by Crippen LogP contribution is 2.38. The summed E-state index contributed by atoms with van der Waals surface area (Å²) in [6.07, 6.45) is 1.94. The van der Waals surface area contributed by atoms with Crippen LogP contribution in [0.15, 0.2) is 6.07 Å². The maximum Gasteiger partial charge on any atom is 0.229 e. The topological polar surface area (TPSA) is 92.8 Å². The number of amides is 2. The fraction of sp³-hybridized carbons (Fsp3) is 0.524. The van der Waals surface area contributed by atoms with Gasteiger partial charge >= 0.3 is 0 Å². The first-order chi connectivity index (χ1) is 13.3. The van der Waals surface area contributed by atoms with Crippen molar-refractivity contribution in [1.29, 1.82) is 0 Å². The first-order valence-corrected chi connectivity index (χ1v) is 9.58. The molecule has 1 N–H and O–H groups in total. The number of methoxy groups -OCH3 is 1. The van der Waals surface area contributed by atoms with E-state index in [1.807, 2.05) is 11.0 Å². The first-order valence-electron chi connectivity index (χ1n) is 9.58. The molecule has 1 saturated heterocycles. The van der Waals surface area contributed by atoms with Gasteiger partial charge in [0.25, 0.3) is 0 Å². The Hall–Kier alpha value is -2.54. The van der Waals surface area contributed by atoms with Gasteiger partial charge in [0.2, 0.25) is 11.8 Å². The lowest BCUT2D eigenvalue weighted by molar-refractivity contribution is -0.136. The molecule has 1 fully saturated rings. The van der Waals surface area contributed by atoms with E-state index < -0.39 is 0 Å². The van der Waals surface area contributed by atoms with Crippen LogP contribution in [0.25, 0.3) is 0 Å². The largest absolute Gasteiger partial charge is 0.496 e. The summed E-state index contributed by atoms with van der Waals surface area (Å²) in [6, 6.07) is 1.90. The van der Waals surface area contributed by atoms with Gasteiger partial charge in [-0.1, -0.05) is 0 Å². The van der Waals surface area contributed by atoms with Gasteiger partial charge in [-0.15, -0.1) is 0 Å². The Balaban J connectivity index is 1.88. The smallest absolute Gasteiger partial charge is 0.229 e. The van der Waals surface area contributed by atoms with Crippen LogP contribution in [0, 0.1) is 5.92 Å². The van der Waals surface area contributed by atoms with Crippen molar-refractivity contribution in [2.75, 3.05) is 13.7 Å². The van der Waals surface area contributed by atoms with Crippen LogP contribution in [-0.2, 0) is 33.9 Å². The molecule has 7 heteroatoms. The minimum atomic E-state index is -0.246. The van der Waals surface area contributed by atoms with Gasteiger partial charge in [-0.2, -0.15) is 0 Å². The molecule has 3 rings (SSSR count). The Bertz CT molecular complexity index is 846. The zero-order valence-corrected chi connectivity index (χ0v) is 16.6. The lowest BCUT2D eigenvalue weighted by Gasteiger charge is -2.22. The van der Waals surface area contributed by atoms with Crippen LogP contribution in [0.3, 0.4) is 0 Å². The molecule has 2 aliphatic rings. The molecule has 0 radical (unpaired) electrons. The van der Waals surface area contributed by atoms with E-state index in [1.165, 1.54) is 6.92 Å². The molecule has 2 aliphatic heterocycles. The van der Waals surface area contributed by atoms with Gasteiger partial charge < -0.3 is 4.74 Å². The van der Waals surface area contributed by atoms with E-state index in [4.69, 9.17) is 4.74 Å². The minimum absolute atomic E-state index is 0.0515. The summed E-state index contributed by atoms with van der Waals surface area (Å²) in [5, 5.41) is 2.38. The molecule has 1 unspecified atom stereocenters. The number of piperidine rings is 1. The molecule has 150 valence electrons. The summed E-state index contributed by atoms with van der Waals surface area (Å²) in [7, 11) is 1.59. The number of carbonyl (C=O) groups is 4. The summed E-state index contributed by atoms with van der Waals surface area (Å²) in [5.41, 5.74) is 3.43. The Morgan fingerprint density at radius 2 is 2.00 bits per heavy atom. The van der Waals surface area contributed by atoms with Crippen molar-refractivity contribution in [2.45, 2.75) is 52.6 Å². The fourth-order valence-electron chi connectivity index (χ4n) is 4.20. The molecular formula is C21H26N2O5. The number of benzene rings is 1. The van der Waals surface area contributed by atoms with E-state index >= 15 is 0 Å². The quantitative estimate of drug-likeness (QED) is 0.567. The van der Waals surface area contributed by atoms with E-state index in [0.717, 1.165) is 16.7 Å². The number of Topliss-reactive ketones (excluding diaryl/α,β-unsaturated/α-hetero) is 2. The van der Waals surface area contributed by atoms with Gasteiger partial charge in [0, 0.05) is 42.1 Å². The highest BCUT2D eigenvalue weighted by molar-refractivity contribution is 5.99. The standard InChI is InChI=1S/C21H26N2O5/c1-12(24)9-23-10-15-8-17(13(2)25)16(20(28-3)18(15)11-23)6-4-14-5-7-19(26)22-21(14)27/h8,14H,4-7,9-11H2,1-3H3,(H,22,26,27). The van der Waals surface area contributed by atoms with Crippen LogP contribution < -0.4 is 10.1 Å². The molecule has 0 bridgehead atoms. The van der Waals surface area contributed by atoms with E-state index in [2.05, 4.69) is 5.32 Å². The molecule has 0 aliphatic carbocycles. The van der Waals surface area contributed by atoms with Gasteiger partial charge in [0.1, 0.15) is 11.5 Å². The molecular weight excluding hydrogens is 360 g/mol. The minimum Gasteiger partial charge on any atom is -0.496 e. The number of hydrogen-bond acceptors (Lipinski definition) is 6. The van der Waals surface area contributed by atoms with Crippen molar-refractivity contribution < 1.29 is 23.9 Å². The highest BCUT2D eigenvalue weighted by Gasteiger charge is 2.30. The molecule has 0 saturated carbocycles. The normalized spacial score (nSPS) is 19.3. The predicted octanol–water partition coefficient (Wildman–Crippen LogP) is 1.79. The van der Waals surface area contributed by atoms with Crippen LogP contribution in [0.2, 0.25) is 0 Å². The van der Waals surface area contributed by atoms with Gasteiger partial charge in [0.05, 0.1) is 13.7 Å². The van der Waals surface area contributed by atoms with E-state index in [9.17, 15) is 19.2 Å². The average molecular weight is 386 g/mol. The van der Waals surface area contributed by atoms with Crippen LogP contribution in [-0.4, -0.2) is 41.9 Å². The zero-order valence-electron chi connectivity index (χ0n) is 16.6. The second-order valence-electron chi connectivity index (χ2n) is 7.66. The average Bonchev–Trinajstić information content (AvgIpc) is 3.00. The van der Waals surface area contributed by atoms with E-state index in [1.54, 1.807) is 14.0 Å². The Labute approximate surface area is 164 Å². The van der Waals surface area contributed by atoms with Gasteiger partial charge in [-0.3, -0.25) is 29.4 Å². The Morgan fingerprint density at radius 3 is 2.61 bits per heavy atom. The van der Waals surface area contributed by atoms with Crippen LogP contribution in [0.4, 0.5) is 0 Å². The molecule has 0 spiro atoms. The number of nitrogens with one attached hydrogen (secondary N) is 1. The van der Waals surface area contributed by atoms with Crippen LogP contribution in [0.5, 0.6) is 5.75 Å². The molecule has 2 amide bonds. The maximum absolute atomic E-state index is 12.3. The van der Waals surface area contributed by atoms with Crippen molar-refractivity contribution in [3.05, 3.63) is 28.3 Å². The summed E-state index contributed by atoms with van der Waals surface area (Å²) in [6.45, 7) is 4.66. The Kier molecular flexibility index (Phi) is 5.93. The monoisotopic (exact) mass is 386 g/mol. The number of fused-ring (bicyclic) bond motifs is 1. The number of hydrogen-bond donors (Lipinski definition) is 1. The van der Waals surface area contributed by atoms with Crippen molar-refractivity contribution in [1.82, 2.24) is 10.2 Å².